The number of piperidine rings is 1. The summed E-state index contributed by atoms with van der Waals surface area (Å²) in [5.41, 5.74) is 0. The van der Waals surface area contributed by atoms with Crippen LogP contribution in [-0.2, 0) is 13.6 Å². The number of nitrogens with zero attached hydrogens (tertiary/aromatic N) is 5. The summed E-state index contributed by atoms with van der Waals surface area (Å²) in [7, 11) is 1.98. The Balaban J connectivity index is 1.53. The van der Waals surface area contributed by atoms with E-state index in [4.69, 9.17) is 4.99 Å². The van der Waals surface area contributed by atoms with Gasteiger partial charge in [-0.25, -0.2) is 4.99 Å². The fourth-order valence-corrected chi connectivity index (χ4v) is 3.93. The molecule has 0 radical (unpaired) electrons. The highest BCUT2D eigenvalue weighted by Gasteiger charge is 2.27. The molecule has 1 aromatic rings. The Morgan fingerprint density at radius 1 is 1.23 bits per heavy atom. The molecule has 7 heteroatoms. The molecule has 0 atom stereocenters. The zero-order valence-corrected chi connectivity index (χ0v) is 16.2. The van der Waals surface area contributed by atoms with Gasteiger partial charge in [0.1, 0.15) is 12.4 Å². The van der Waals surface area contributed by atoms with Crippen molar-refractivity contribution >= 4 is 5.96 Å². The lowest BCUT2D eigenvalue weighted by atomic mass is 10.0. The topological polar surface area (TPSA) is 70.4 Å². The van der Waals surface area contributed by atoms with Crippen LogP contribution in [0.3, 0.4) is 0 Å². The van der Waals surface area contributed by atoms with Crippen LogP contribution in [0.2, 0.25) is 0 Å². The van der Waals surface area contributed by atoms with Gasteiger partial charge in [0.15, 0.2) is 11.8 Å². The van der Waals surface area contributed by atoms with Crippen molar-refractivity contribution in [2.24, 2.45) is 12.0 Å². The van der Waals surface area contributed by atoms with Gasteiger partial charge in [-0.1, -0.05) is 18.9 Å². The number of guanidine groups is 1. The molecule has 2 aliphatic rings. The van der Waals surface area contributed by atoms with Crippen LogP contribution in [0.1, 0.15) is 50.2 Å². The monoisotopic (exact) mass is 359 g/mol. The van der Waals surface area contributed by atoms with E-state index >= 15 is 0 Å². The lowest BCUT2D eigenvalue weighted by molar-refractivity contribution is 0.150. The zero-order chi connectivity index (χ0) is 18.4. The summed E-state index contributed by atoms with van der Waals surface area (Å²) < 4.78 is 1.98. The highest BCUT2D eigenvalue weighted by Crippen LogP contribution is 2.26. The Labute approximate surface area is 157 Å². The van der Waals surface area contributed by atoms with Crippen molar-refractivity contribution in [2.75, 3.05) is 19.6 Å². The molecule has 0 amide bonds. The number of nitrogens with one attached hydrogen (secondary N) is 2. The maximum Gasteiger partial charge on any atom is 0.192 e. The standard InChI is InChI=1S/C19H33N7/c1-4-11-20-19(21-14-18-24-23-15(2)25(18)3)22-16-9-12-26(13-10-16)17-7-5-6-8-17/h4,16-17H,1,5-14H2,2-3H3,(H2,20,21,22). The van der Waals surface area contributed by atoms with Crippen molar-refractivity contribution in [1.82, 2.24) is 30.3 Å². The van der Waals surface area contributed by atoms with E-state index in [1.54, 1.807) is 0 Å². The Kier molecular flexibility index (Phi) is 6.66. The van der Waals surface area contributed by atoms with Crippen molar-refractivity contribution in [3.63, 3.8) is 0 Å². The molecule has 0 aromatic carbocycles. The zero-order valence-electron chi connectivity index (χ0n) is 16.2. The van der Waals surface area contributed by atoms with Crippen molar-refractivity contribution in [3.8, 4) is 0 Å². The summed E-state index contributed by atoms with van der Waals surface area (Å²) in [5, 5.41) is 15.2. The summed E-state index contributed by atoms with van der Waals surface area (Å²) in [6, 6.07) is 1.31. The van der Waals surface area contributed by atoms with Gasteiger partial charge in [0.25, 0.3) is 0 Å². The van der Waals surface area contributed by atoms with E-state index in [1.165, 1.54) is 51.6 Å². The number of rotatable bonds is 6. The molecule has 1 aromatic heterocycles. The molecule has 7 nitrogen and oxygen atoms in total. The molecule has 1 saturated carbocycles. The second kappa shape index (κ2) is 9.16. The van der Waals surface area contributed by atoms with Gasteiger partial charge in [0, 0.05) is 38.8 Å². The van der Waals surface area contributed by atoms with Gasteiger partial charge in [0.2, 0.25) is 0 Å². The van der Waals surface area contributed by atoms with Crippen LogP contribution in [-0.4, -0.2) is 57.3 Å². The first kappa shape index (κ1) is 18.9. The normalized spacial score (nSPS) is 20.5. The predicted octanol–water partition coefficient (Wildman–Crippen LogP) is 1.75. The largest absolute Gasteiger partial charge is 0.354 e. The molecule has 2 N–H and O–H groups in total. The van der Waals surface area contributed by atoms with Crippen molar-refractivity contribution < 1.29 is 0 Å². The maximum absolute atomic E-state index is 4.71. The fraction of sp³-hybridized carbons (Fsp3) is 0.737. The van der Waals surface area contributed by atoms with Crippen LogP contribution in [0.25, 0.3) is 0 Å². The number of aliphatic imine (C=N–C) groups is 1. The number of hydrogen-bond acceptors (Lipinski definition) is 4. The SMILES string of the molecule is C=CCNC(=NCc1nnc(C)n1C)NC1CCN(C2CCCC2)CC1. The smallest absolute Gasteiger partial charge is 0.192 e. The third kappa shape index (κ3) is 4.84. The van der Waals surface area contributed by atoms with E-state index < -0.39 is 0 Å². The van der Waals surface area contributed by atoms with Crippen molar-refractivity contribution in [2.45, 2.75) is 64.1 Å². The van der Waals surface area contributed by atoms with Crippen molar-refractivity contribution in [3.05, 3.63) is 24.3 Å². The van der Waals surface area contributed by atoms with Crippen LogP contribution < -0.4 is 10.6 Å². The van der Waals surface area contributed by atoms with Crippen LogP contribution in [0.4, 0.5) is 0 Å². The number of aromatic nitrogens is 3. The summed E-state index contributed by atoms with van der Waals surface area (Å²) in [6.07, 6.45) is 9.81. The lowest BCUT2D eigenvalue weighted by Crippen LogP contribution is -2.50. The van der Waals surface area contributed by atoms with E-state index in [9.17, 15) is 0 Å². The first-order valence-corrected chi connectivity index (χ1v) is 9.92. The Morgan fingerprint density at radius 3 is 2.58 bits per heavy atom. The summed E-state index contributed by atoms with van der Waals surface area (Å²) >= 11 is 0. The quantitative estimate of drug-likeness (QED) is 0.460. The highest BCUT2D eigenvalue weighted by molar-refractivity contribution is 5.80. The molecule has 0 spiro atoms. The average molecular weight is 360 g/mol. The third-order valence-corrected chi connectivity index (χ3v) is 5.69. The van der Waals surface area contributed by atoms with E-state index in [-0.39, 0.29) is 0 Å². The number of hydrogen-bond donors (Lipinski definition) is 2. The van der Waals surface area contributed by atoms with Gasteiger partial charge >= 0.3 is 0 Å². The average Bonchev–Trinajstić information content (AvgIpc) is 3.30. The second-order valence-electron chi connectivity index (χ2n) is 7.45. The Morgan fingerprint density at radius 2 is 1.96 bits per heavy atom. The van der Waals surface area contributed by atoms with Gasteiger partial charge in [0.05, 0.1) is 0 Å². The first-order valence-electron chi connectivity index (χ1n) is 9.92. The summed E-state index contributed by atoms with van der Waals surface area (Å²) in [5.74, 6) is 2.62. The van der Waals surface area contributed by atoms with E-state index in [0.29, 0.717) is 19.1 Å². The molecule has 2 fully saturated rings. The van der Waals surface area contributed by atoms with Crippen molar-refractivity contribution in [1.29, 1.82) is 0 Å². The molecular weight excluding hydrogens is 326 g/mol. The van der Waals surface area contributed by atoms with Crippen LogP contribution in [0.15, 0.2) is 17.6 Å². The molecule has 26 heavy (non-hydrogen) atoms. The van der Waals surface area contributed by atoms with Crippen LogP contribution in [0, 0.1) is 6.92 Å². The predicted molar refractivity (Wildman–Crippen MR) is 105 cm³/mol. The van der Waals surface area contributed by atoms with E-state index in [2.05, 4.69) is 32.3 Å². The second-order valence-corrected chi connectivity index (χ2v) is 7.45. The minimum atomic E-state index is 0.477. The molecule has 144 valence electrons. The molecule has 0 bridgehead atoms. The van der Waals surface area contributed by atoms with E-state index in [0.717, 1.165) is 23.7 Å². The lowest BCUT2D eigenvalue weighted by Gasteiger charge is -2.36. The number of likely N-dealkylation sites (tertiary alicyclic amines) is 1. The van der Waals surface area contributed by atoms with Crippen LogP contribution >= 0.6 is 0 Å². The van der Waals surface area contributed by atoms with Gasteiger partial charge in [-0.2, -0.15) is 0 Å². The molecule has 0 unspecified atom stereocenters. The summed E-state index contributed by atoms with van der Waals surface area (Å²) in [4.78, 5) is 7.40. The number of aryl methyl sites for hydroxylation is 1. The maximum atomic E-state index is 4.71. The Hall–Kier alpha value is -1.89. The van der Waals surface area contributed by atoms with Gasteiger partial charge in [-0.15, -0.1) is 16.8 Å². The fourth-order valence-electron chi connectivity index (χ4n) is 3.93. The Bertz CT molecular complexity index is 607. The minimum absolute atomic E-state index is 0.477. The molecule has 1 aliphatic heterocycles. The van der Waals surface area contributed by atoms with E-state index in [1.807, 2.05) is 24.6 Å². The van der Waals surface area contributed by atoms with Crippen LogP contribution in [0.5, 0.6) is 0 Å². The molecule has 2 heterocycles. The third-order valence-electron chi connectivity index (χ3n) is 5.69. The molecule has 1 saturated heterocycles. The highest BCUT2D eigenvalue weighted by atomic mass is 15.3. The van der Waals surface area contributed by atoms with Gasteiger partial charge in [-0.3, -0.25) is 0 Å². The molecule has 1 aliphatic carbocycles. The minimum Gasteiger partial charge on any atom is -0.354 e. The first-order chi connectivity index (χ1) is 12.7. The molecular formula is C19H33N7. The van der Waals surface area contributed by atoms with Gasteiger partial charge < -0.3 is 20.1 Å². The summed E-state index contributed by atoms with van der Waals surface area (Å²) in [6.45, 7) is 9.35. The molecule has 3 rings (SSSR count). The van der Waals surface area contributed by atoms with Gasteiger partial charge in [-0.05, 0) is 32.6 Å².